The first-order valence-electron chi connectivity index (χ1n) is 5.25. The van der Waals surface area contributed by atoms with Crippen LogP contribution in [0.15, 0.2) is 34.9 Å². The average Bonchev–Trinajstić information content (AvgIpc) is 2.78. The van der Waals surface area contributed by atoms with Crippen LogP contribution in [0.4, 0.5) is 0 Å². The SMILES string of the molecule is CCOC(=O)c1coc(Oc2cccc(Cl)c2)n1. The molecular weight excluding hydrogens is 258 g/mol. The molecule has 0 spiro atoms. The van der Waals surface area contributed by atoms with Crippen LogP contribution in [0.2, 0.25) is 5.02 Å². The summed E-state index contributed by atoms with van der Waals surface area (Å²) in [7, 11) is 0. The van der Waals surface area contributed by atoms with Crippen LogP contribution < -0.4 is 4.74 Å². The fourth-order valence-electron chi connectivity index (χ4n) is 1.23. The highest BCUT2D eigenvalue weighted by molar-refractivity contribution is 6.30. The summed E-state index contributed by atoms with van der Waals surface area (Å²) in [5.74, 6) is -0.0815. The summed E-state index contributed by atoms with van der Waals surface area (Å²) in [5, 5.41) is 0.532. The summed E-state index contributed by atoms with van der Waals surface area (Å²) in [4.78, 5) is 15.2. The Labute approximate surface area is 108 Å². The zero-order valence-corrected chi connectivity index (χ0v) is 10.3. The maximum absolute atomic E-state index is 11.3. The maximum Gasteiger partial charge on any atom is 0.399 e. The number of rotatable bonds is 4. The van der Waals surface area contributed by atoms with E-state index in [1.165, 1.54) is 6.26 Å². The van der Waals surface area contributed by atoms with Gasteiger partial charge in [0, 0.05) is 5.02 Å². The van der Waals surface area contributed by atoms with E-state index in [1.54, 1.807) is 31.2 Å². The number of hydrogen-bond donors (Lipinski definition) is 0. The number of carbonyl (C=O) groups excluding carboxylic acids is 1. The van der Waals surface area contributed by atoms with Gasteiger partial charge in [0.2, 0.25) is 0 Å². The zero-order chi connectivity index (χ0) is 13.0. The summed E-state index contributed by atoms with van der Waals surface area (Å²) in [6.07, 6.45) is 1.14. The average molecular weight is 268 g/mol. The summed E-state index contributed by atoms with van der Waals surface area (Å²) in [6.45, 7) is 1.98. The molecule has 2 aromatic rings. The van der Waals surface area contributed by atoms with Crippen LogP contribution in [0.1, 0.15) is 17.4 Å². The van der Waals surface area contributed by atoms with Crippen LogP contribution in [-0.4, -0.2) is 17.6 Å². The highest BCUT2D eigenvalue weighted by Crippen LogP contribution is 2.23. The van der Waals surface area contributed by atoms with E-state index in [0.29, 0.717) is 10.8 Å². The van der Waals surface area contributed by atoms with Gasteiger partial charge in [0.05, 0.1) is 6.61 Å². The van der Waals surface area contributed by atoms with E-state index in [-0.39, 0.29) is 18.4 Å². The topological polar surface area (TPSA) is 61.6 Å². The number of nitrogens with zero attached hydrogens (tertiary/aromatic N) is 1. The molecule has 0 saturated heterocycles. The van der Waals surface area contributed by atoms with Gasteiger partial charge in [-0.25, -0.2) is 4.79 Å². The number of ether oxygens (including phenoxy) is 2. The Bertz CT molecular complexity index is 553. The molecule has 0 radical (unpaired) electrons. The van der Waals surface area contributed by atoms with Crippen molar-refractivity contribution in [3.8, 4) is 11.8 Å². The Hall–Kier alpha value is -2.01. The lowest BCUT2D eigenvalue weighted by Crippen LogP contribution is -2.04. The Morgan fingerprint density at radius 2 is 2.33 bits per heavy atom. The first kappa shape index (κ1) is 12.4. The third kappa shape index (κ3) is 3.01. The largest absolute Gasteiger partial charge is 0.461 e. The van der Waals surface area contributed by atoms with E-state index in [0.717, 1.165) is 0 Å². The molecule has 0 aliphatic carbocycles. The molecular formula is C12H10ClNO4. The predicted molar refractivity (Wildman–Crippen MR) is 64.0 cm³/mol. The second-order valence-corrected chi connectivity index (χ2v) is 3.71. The second-order valence-electron chi connectivity index (χ2n) is 3.28. The maximum atomic E-state index is 11.3. The molecule has 5 nitrogen and oxygen atoms in total. The number of esters is 1. The summed E-state index contributed by atoms with van der Waals surface area (Å²) in [6, 6.07) is 6.75. The second kappa shape index (κ2) is 5.55. The molecule has 1 aromatic heterocycles. The number of oxazole rings is 1. The van der Waals surface area contributed by atoms with Crippen molar-refractivity contribution in [1.82, 2.24) is 4.98 Å². The molecule has 0 bridgehead atoms. The Kier molecular flexibility index (Phi) is 3.84. The molecule has 94 valence electrons. The molecule has 6 heteroatoms. The highest BCUT2D eigenvalue weighted by atomic mass is 35.5. The van der Waals surface area contributed by atoms with Gasteiger partial charge in [-0.2, -0.15) is 4.98 Å². The van der Waals surface area contributed by atoms with E-state index >= 15 is 0 Å². The summed E-state index contributed by atoms with van der Waals surface area (Å²) < 4.78 is 15.1. The minimum absolute atomic E-state index is 0.0414. The lowest BCUT2D eigenvalue weighted by atomic mass is 10.3. The number of halogens is 1. The standard InChI is InChI=1S/C12H10ClNO4/c1-2-16-11(15)10-7-17-12(14-10)18-9-5-3-4-8(13)6-9/h3-7H,2H2,1H3. The van der Waals surface area contributed by atoms with Crippen LogP contribution >= 0.6 is 11.6 Å². The monoisotopic (exact) mass is 267 g/mol. The van der Waals surface area contributed by atoms with Crippen molar-refractivity contribution in [2.24, 2.45) is 0 Å². The van der Waals surface area contributed by atoms with Crippen molar-refractivity contribution in [3.63, 3.8) is 0 Å². The molecule has 2 rings (SSSR count). The van der Waals surface area contributed by atoms with Crippen molar-refractivity contribution in [1.29, 1.82) is 0 Å². The molecule has 1 heterocycles. The van der Waals surface area contributed by atoms with Gasteiger partial charge in [0.1, 0.15) is 12.0 Å². The van der Waals surface area contributed by atoms with Gasteiger partial charge >= 0.3 is 12.0 Å². The van der Waals surface area contributed by atoms with Gasteiger partial charge < -0.3 is 13.9 Å². The van der Waals surface area contributed by atoms with Gasteiger partial charge in [-0.05, 0) is 25.1 Å². The van der Waals surface area contributed by atoms with E-state index in [9.17, 15) is 4.79 Å². The van der Waals surface area contributed by atoms with Gasteiger partial charge in [-0.15, -0.1) is 0 Å². The minimum Gasteiger partial charge on any atom is -0.461 e. The van der Waals surface area contributed by atoms with Crippen LogP contribution in [0.25, 0.3) is 0 Å². The highest BCUT2D eigenvalue weighted by Gasteiger charge is 2.14. The molecule has 0 unspecified atom stereocenters. The van der Waals surface area contributed by atoms with Crippen molar-refractivity contribution < 1.29 is 18.7 Å². The smallest absolute Gasteiger partial charge is 0.399 e. The van der Waals surface area contributed by atoms with Crippen molar-refractivity contribution in [3.05, 3.63) is 41.2 Å². The predicted octanol–water partition coefficient (Wildman–Crippen LogP) is 3.30. The molecule has 18 heavy (non-hydrogen) atoms. The minimum atomic E-state index is -0.554. The first-order chi connectivity index (χ1) is 8.69. The number of benzene rings is 1. The molecule has 0 saturated carbocycles. The molecule has 0 amide bonds. The van der Waals surface area contributed by atoms with Crippen molar-refractivity contribution in [2.75, 3.05) is 6.61 Å². The van der Waals surface area contributed by atoms with Gasteiger partial charge in [-0.1, -0.05) is 17.7 Å². The lowest BCUT2D eigenvalue weighted by molar-refractivity contribution is 0.0519. The fraction of sp³-hybridized carbons (Fsp3) is 0.167. The van der Waals surface area contributed by atoms with Gasteiger partial charge in [0.15, 0.2) is 5.69 Å². The summed E-state index contributed by atoms with van der Waals surface area (Å²) >= 11 is 5.80. The van der Waals surface area contributed by atoms with Crippen LogP contribution in [-0.2, 0) is 4.74 Å². The van der Waals surface area contributed by atoms with Crippen LogP contribution in [0.5, 0.6) is 11.8 Å². The molecule has 0 fully saturated rings. The van der Waals surface area contributed by atoms with E-state index in [2.05, 4.69) is 4.98 Å². The van der Waals surface area contributed by atoms with E-state index < -0.39 is 5.97 Å². The van der Waals surface area contributed by atoms with Crippen molar-refractivity contribution >= 4 is 17.6 Å². The Balaban J connectivity index is 2.09. The third-order valence-corrected chi connectivity index (χ3v) is 2.20. The Morgan fingerprint density at radius 3 is 3.06 bits per heavy atom. The summed E-state index contributed by atoms with van der Waals surface area (Å²) in [5.41, 5.74) is 0.0638. The molecule has 0 aliphatic rings. The quantitative estimate of drug-likeness (QED) is 0.796. The molecule has 0 aliphatic heterocycles. The first-order valence-corrected chi connectivity index (χ1v) is 5.63. The van der Waals surface area contributed by atoms with Gasteiger partial charge in [-0.3, -0.25) is 0 Å². The van der Waals surface area contributed by atoms with Crippen LogP contribution in [0.3, 0.4) is 0 Å². The molecule has 1 aromatic carbocycles. The lowest BCUT2D eigenvalue weighted by Gasteiger charge is -1.99. The number of carbonyl (C=O) groups is 1. The fourth-order valence-corrected chi connectivity index (χ4v) is 1.41. The van der Waals surface area contributed by atoms with Crippen molar-refractivity contribution in [2.45, 2.75) is 6.92 Å². The van der Waals surface area contributed by atoms with Gasteiger partial charge in [0.25, 0.3) is 0 Å². The third-order valence-electron chi connectivity index (χ3n) is 1.97. The van der Waals surface area contributed by atoms with Crippen LogP contribution in [0, 0.1) is 0 Å². The number of hydrogen-bond acceptors (Lipinski definition) is 5. The molecule has 0 N–H and O–H groups in total. The number of aromatic nitrogens is 1. The van der Waals surface area contributed by atoms with E-state index in [1.807, 2.05) is 0 Å². The normalized spacial score (nSPS) is 10.1. The zero-order valence-electron chi connectivity index (χ0n) is 9.55. The van der Waals surface area contributed by atoms with E-state index in [4.69, 9.17) is 25.5 Å². The Morgan fingerprint density at radius 1 is 1.50 bits per heavy atom. The molecule has 0 atom stereocenters.